The summed E-state index contributed by atoms with van der Waals surface area (Å²) in [6.07, 6.45) is -4.24. The van der Waals surface area contributed by atoms with Gasteiger partial charge in [0.05, 0.1) is 34.5 Å². The minimum Gasteiger partial charge on any atom is -0.491 e. The van der Waals surface area contributed by atoms with Gasteiger partial charge in [-0.1, -0.05) is 45.0 Å². The quantitative estimate of drug-likeness (QED) is 0.0806. The molecule has 3 aromatic carbocycles. The molecule has 61 heavy (non-hydrogen) atoms. The van der Waals surface area contributed by atoms with Crippen LogP contribution in [0.1, 0.15) is 38.4 Å². The van der Waals surface area contributed by atoms with Crippen LogP contribution >= 0.6 is 11.3 Å². The number of β-amino-alcohol motifs (C(OH)–C–C–N with tert-alkyl or cyclic N) is 1. The van der Waals surface area contributed by atoms with Crippen LogP contribution in [0, 0.1) is 12.3 Å². The SMILES string of the molecule is Cc1ncsc1-c1ccc(CNC(=O)[C@H]2C[C@H](O)CN2C(=O)[C@@H](NC(=O)COCCOc2ccc(-c3cc(Nc4ccc(OC(F)(F)F)cc4)ncn3)cc2)C(C)(C)C)cc1. The van der Waals surface area contributed by atoms with Crippen LogP contribution in [0.3, 0.4) is 0 Å². The molecule has 18 heteroatoms. The van der Waals surface area contributed by atoms with E-state index in [0.29, 0.717) is 22.9 Å². The van der Waals surface area contributed by atoms with Gasteiger partial charge in [-0.25, -0.2) is 15.0 Å². The third kappa shape index (κ3) is 12.5. The average molecular weight is 862 g/mol. The molecule has 0 bridgehead atoms. The monoisotopic (exact) mass is 861 g/mol. The molecule has 3 atom stereocenters. The standard InChI is InChI=1S/C43H46F3N7O7S/c1-26-38(61-25-50-26)29-7-5-27(6-8-29)21-47-40(56)35-19-31(54)22-53(35)41(57)39(42(2,3)4)52-37(55)23-58-17-18-59-32-13-9-28(10-14-32)34-20-36(49-24-48-34)51-30-11-15-33(16-12-30)60-43(44,45)46/h5-16,20,24-25,31,35,39,54H,17-19,21-23H2,1-4H3,(H,47,56)(H,52,55)(H,48,49,51)/t31-,35+,39+/m0/s1. The van der Waals surface area contributed by atoms with Crippen molar-refractivity contribution in [1.82, 2.24) is 30.5 Å². The highest BCUT2D eigenvalue weighted by atomic mass is 32.1. The largest absolute Gasteiger partial charge is 0.573 e. The summed E-state index contributed by atoms with van der Waals surface area (Å²) < 4.78 is 52.6. The fourth-order valence-electron chi connectivity index (χ4n) is 6.56. The molecule has 3 amide bonds. The van der Waals surface area contributed by atoms with E-state index in [1.165, 1.54) is 35.5 Å². The highest BCUT2D eigenvalue weighted by molar-refractivity contribution is 7.13. The molecule has 0 spiro atoms. The highest BCUT2D eigenvalue weighted by Gasteiger charge is 2.44. The molecule has 5 aromatic rings. The maximum Gasteiger partial charge on any atom is 0.573 e. The fraction of sp³-hybridized carbons (Fsp3) is 0.349. The number of aryl methyl sites for hydroxylation is 1. The second-order valence-corrected chi connectivity index (χ2v) is 16.2. The number of carbonyl (C=O) groups excluding carboxylic acids is 3. The number of amides is 3. The first-order valence-electron chi connectivity index (χ1n) is 19.3. The molecule has 6 rings (SSSR count). The first-order chi connectivity index (χ1) is 29.0. The number of nitrogens with one attached hydrogen (secondary N) is 3. The number of aromatic nitrogens is 3. The van der Waals surface area contributed by atoms with Crippen molar-refractivity contribution < 1.29 is 46.9 Å². The normalized spacial score (nSPS) is 15.8. The molecule has 2 aromatic heterocycles. The number of ether oxygens (including phenoxy) is 3. The zero-order chi connectivity index (χ0) is 43.7. The number of nitrogens with zero attached hydrogens (tertiary/aromatic N) is 4. The lowest BCUT2D eigenvalue weighted by molar-refractivity contribution is -0.274. The Kier molecular flexibility index (Phi) is 14.2. The van der Waals surface area contributed by atoms with Crippen LogP contribution in [-0.4, -0.2) is 93.6 Å². The zero-order valence-electron chi connectivity index (χ0n) is 33.9. The molecule has 1 saturated heterocycles. The van der Waals surface area contributed by atoms with Gasteiger partial charge in [-0.2, -0.15) is 0 Å². The summed E-state index contributed by atoms with van der Waals surface area (Å²) in [5, 5.41) is 19.2. The van der Waals surface area contributed by atoms with E-state index in [4.69, 9.17) is 9.47 Å². The molecule has 0 aliphatic carbocycles. The summed E-state index contributed by atoms with van der Waals surface area (Å²) in [6.45, 7) is 7.41. The number of alkyl halides is 3. The Morgan fingerprint density at radius 1 is 0.918 bits per heavy atom. The first kappa shape index (κ1) is 44.4. The van der Waals surface area contributed by atoms with E-state index in [9.17, 15) is 32.7 Å². The third-order valence-corrected chi connectivity index (χ3v) is 10.6. The number of aliphatic hydroxyl groups excluding tert-OH is 1. The highest BCUT2D eigenvalue weighted by Crippen LogP contribution is 2.30. The van der Waals surface area contributed by atoms with Gasteiger partial charge in [0.25, 0.3) is 0 Å². The number of hydrogen-bond donors (Lipinski definition) is 4. The number of rotatable bonds is 16. The number of hydrogen-bond acceptors (Lipinski definition) is 12. The predicted octanol–water partition coefficient (Wildman–Crippen LogP) is 6.42. The molecule has 0 radical (unpaired) electrons. The van der Waals surface area contributed by atoms with Crippen LogP contribution in [0.25, 0.3) is 21.7 Å². The van der Waals surface area contributed by atoms with Crippen molar-refractivity contribution in [1.29, 1.82) is 0 Å². The molecule has 14 nitrogen and oxygen atoms in total. The van der Waals surface area contributed by atoms with Crippen molar-refractivity contribution >= 4 is 40.6 Å². The molecular formula is C43H46F3N7O7S. The van der Waals surface area contributed by atoms with E-state index in [0.717, 1.165) is 27.3 Å². The Morgan fingerprint density at radius 2 is 1.61 bits per heavy atom. The van der Waals surface area contributed by atoms with Crippen molar-refractivity contribution in [3.05, 3.63) is 102 Å². The zero-order valence-corrected chi connectivity index (χ0v) is 34.7. The van der Waals surface area contributed by atoms with Crippen LogP contribution in [0.5, 0.6) is 11.5 Å². The number of carbonyl (C=O) groups is 3. The van der Waals surface area contributed by atoms with Gasteiger partial charge in [-0.15, -0.1) is 24.5 Å². The van der Waals surface area contributed by atoms with Crippen molar-refractivity contribution in [3.63, 3.8) is 0 Å². The van der Waals surface area contributed by atoms with E-state index in [-0.39, 0.29) is 45.1 Å². The lowest BCUT2D eigenvalue weighted by Crippen LogP contribution is -2.58. The Labute approximate surface area is 354 Å². The molecule has 0 saturated carbocycles. The molecule has 1 aliphatic rings. The third-order valence-electron chi connectivity index (χ3n) is 9.62. The van der Waals surface area contributed by atoms with Crippen LogP contribution in [0.4, 0.5) is 24.7 Å². The van der Waals surface area contributed by atoms with E-state index in [2.05, 4.69) is 35.6 Å². The first-order valence-corrected chi connectivity index (χ1v) is 20.2. The average Bonchev–Trinajstić information content (AvgIpc) is 3.84. The van der Waals surface area contributed by atoms with E-state index >= 15 is 0 Å². The van der Waals surface area contributed by atoms with E-state index in [1.54, 1.807) is 68.0 Å². The maximum absolute atomic E-state index is 13.9. The van der Waals surface area contributed by atoms with E-state index in [1.807, 2.05) is 31.2 Å². The molecule has 1 aliphatic heterocycles. The summed E-state index contributed by atoms with van der Waals surface area (Å²) in [7, 11) is 0. The summed E-state index contributed by atoms with van der Waals surface area (Å²) in [4.78, 5) is 55.6. The van der Waals surface area contributed by atoms with E-state index < -0.39 is 47.7 Å². The number of halogens is 3. The van der Waals surface area contributed by atoms with Gasteiger partial charge in [0.1, 0.15) is 48.9 Å². The lowest BCUT2D eigenvalue weighted by Gasteiger charge is -2.35. The molecule has 1 fully saturated rings. The second kappa shape index (κ2) is 19.5. The summed E-state index contributed by atoms with van der Waals surface area (Å²) >= 11 is 1.56. The maximum atomic E-state index is 13.9. The predicted molar refractivity (Wildman–Crippen MR) is 222 cm³/mol. The molecular weight excluding hydrogens is 816 g/mol. The number of likely N-dealkylation sites (tertiary alicyclic amines) is 1. The number of aliphatic hydroxyl groups is 1. The summed E-state index contributed by atoms with van der Waals surface area (Å²) in [5.74, 6) is -0.774. The Bertz CT molecular complexity index is 2270. The number of benzene rings is 3. The van der Waals surface area contributed by atoms with Gasteiger partial charge in [0.2, 0.25) is 17.7 Å². The Hall–Kier alpha value is -6.11. The van der Waals surface area contributed by atoms with Gasteiger partial charge >= 0.3 is 6.36 Å². The lowest BCUT2D eigenvalue weighted by atomic mass is 9.85. The smallest absolute Gasteiger partial charge is 0.491 e. The Morgan fingerprint density at radius 3 is 2.26 bits per heavy atom. The van der Waals surface area contributed by atoms with Gasteiger partial charge in [0.15, 0.2) is 0 Å². The number of anilines is 2. The van der Waals surface area contributed by atoms with Crippen LogP contribution in [-0.2, 0) is 25.7 Å². The molecule has 0 unspecified atom stereocenters. The summed E-state index contributed by atoms with van der Waals surface area (Å²) in [5.41, 5.74) is 5.76. The van der Waals surface area contributed by atoms with Crippen LogP contribution < -0.4 is 25.4 Å². The van der Waals surface area contributed by atoms with Gasteiger partial charge < -0.3 is 40.2 Å². The molecule has 4 N–H and O–H groups in total. The minimum atomic E-state index is -4.78. The number of thiazole rings is 1. The van der Waals surface area contributed by atoms with Crippen molar-refractivity contribution in [3.8, 4) is 33.2 Å². The second-order valence-electron chi connectivity index (χ2n) is 15.4. The van der Waals surface area contributed by atoms with Gasteiger partial charge in [-0.3, -0.25) is 14.4 Å². The van der Waals surface area contributed by atoms with Crippen molar-refractivity contribution in [2.24, 2.45) is 5.41 Å². The van der Waals surface area contributed by atoms with Gasteiger partial charge in [-0.05, 0) is 72.0 Å². The van der Waals surface area contributed by atoms with Gasteiger partial charge in [0, 0.05) is 36.8 Å². The summed E-state index contributed by atoms with van der Waals surface area (Å²) in [6, 6.07) is 19.9. The van der Waals surface area contributed by atoms with Crippen LogP contribution in [0.2, 0.25) is 0 Å². The van der Waals surface area contributed by atoms with Crippen molar-refractivity contribution in [2.75, 3.05) is 31.7 Å². The van der Waals surface area contributed by atoms with Crippen molar-refractivity contribution in [2.45, 2.75) is 65.2 Å². The topological polar surface area (TPSA) is 177 Å². The van der Waals surface area contributed by atoms with Crippen LogP contribution in [0.15, 0.2) is 90.7 Å². The molecule has 3 heterocycles. The minimum absolute atomic E-state index is 0.0425. The fourth-order valence-corrected chi connectivity index (χ4v) is 7.37. The Balaban J connectivity index is 0.943. The molecule has 322 valence electrons.